The Morgan fingerprint density at radius 1 is 1.15 bits per heavy atom. The first kappa shape index (κ1) is 25.0. The van der Waals surface area contributed by atoms with E-state index in [0.29, 0.717) is 12.2 Å². The lowest BCUT2D eigenvalue weighted by Crippen LogP contribution is -2.29. The smallest absolute Gasteiger partial charge is 0.302 e. The zero-order chi connectivity index (χ0) is 24.4. The van der Waals surface area contributed by atoms with Gasteiger partial charge in [0.15, 0.2) is 0 Å². The molecule has 2 rings (SSSR count). The van der Waals surface area contributed by atoms with Crippen LogP contribution in [0.4, 0.5) is 22.7 Å². The van der Waals surface area contributed by atoms with Crippen molar-refractivity contribution in [3.05, 3.63) is 57.1 Å². The van der Waals surface area contributed by atoms with E-state index in [-0.39, 0.29) is 35.1 Å². The number of non-ortho nitro benzene ring substituents is 1. The van der Waals surface area contributed by atoms with Crippen molar-refractivity contribution < 1.29 is 14.5 Å². The number of hydrogen-bond donors (Lipinski definition) is 0. The number of esters is 1. The zero-order valence-corrected chi connectivity index (χ0v) is 18.7. The van der Waals surface area contributed by atoms with E-state index >= 15 is 0 Å². The van der Waals surface area contributed by atoms with Crippen molar-refractivity contribution >= 4 is 28.7 Å². The standard InChI is InChI=1S/C23H24N6O4/c1-4-5-8-28(9-10-33-17(3)30)20-6-7-22(16(2)11-20)26-27-23-18(14-24)12-21(29(31)32)13-19(23)15-25/h6-7,11-13H,4-5,8-10H2,1-3H3. The Morgan fingerprint density at radius 2 is 1.82 bits per heavy atom. The van der Waals surface area contributed by atoms with Crippen LogP contribution < -0.4 is 4.90 Å². The first-order valence-corrected chi connectivity index (χ1v) is 10.3. The molecule has 0 aliphatic rings. The highest BCUT2D eigenvalue weighted by molar-refractivity contribution is 5.67. The fraction of sp³-hybridized carbons (Fsp3) is 0.348. The Kier molecular flexibility index (Phi) is 9.01. The molecule has 0 unspecified atom stereocenters. The molecule has 0 bridgehead atoms. The summed E-state index contributed by atoms with van der Waals surface area (Å²) in [6, 6.07) is 11.4. The van der Waals surface area contributed by atoms with Gasteiger partial charge in [0.1, 0.15) is 24.4 Å². The lowest BCUT2D eigenvalue weighted by Gasteiger charge is -2.25. The molecule has 0 fully saturated rings. The summed E-state index contributed by atoms with van der Waals surface area (Å²) < 4.78 is 5.07. The van der Waals surface area contributed by atoms with Gasteiger partial charge in [-0.05, 0) is 37.1 Å². The molecule has 0 atom stereocenters. The molecule has 10 nitrogen and oxygen atoms in total. The third-order valence-corrected chi connectivity index (χ3v) is 4.80. The van der Waals surface area contributed by atoms with Gasteiger partial charge in [0, 0.05) is 31.3 Å². The Balaban J connectivity index is 2.33. The summed E-state index contributed by atoms with van der Waals surface area (Å²) in [4.78, 5) is 23.6. The second-order valence-corrected chi connectivity index (χ2v) is 7.22. The van der Waals surface area contributed by atoms with E-state index in [1.807, 2.05) is 31.2 Å². The minimum absolute atomic E-state index is 0.0139. The van der Waals surface area contributed by atoms with E-state index in [0.717, 1.165) is 42.8 Å². The molecule has 0 aliphatic heterocycles. The van der Waals surface area contributed by atoms with Crippen molar-refractivity contribution in [1.82, 2.24) is 0 Å². The van der Waals surface area contributed by atoms with Crippen molar-refractivity contribution in [1.29, 1.82) is 10.5 Å². The monoisotopic (exact) mass is 448 g/mol. The second kappa shape index (κ2) is 11.9. The number of anilines is 1. The number of carbonyl (C=O) groups is 1. The summed E-state index contributed by atoms with van der Waals surface area (Å²) in [5.74, 6) is -0.322. The average molecular weight is 448 g/mol. The molecule has 0 aliphatic carbocycles. The molecule has 2 aromatic rings. The van der Waals surface area contributed by atoms with Crippen LogP contribution in [-0.4, -0.2) is 30.6 Å². The van der Waals surface area contributed by atoms with Crippen LogP contribution >= 0.6 is 0 Å². The number of azo groups is 1. The average Bonchev–Trinajstić information content (AvgIpc) is 2.79. The number of unbranched alkanes of at least 4 members (excludes halogenated alkanes) is 1. The van der Waals surface area contributed by atoms with Crippen LogP contribution in [0.3, 0.4) is 0 Å². The fourth-order valence-electron chi connectivity index (χ4n) is 3.07. The molecule has 33 heavy (non-hydrogen) atoms. The normalized spacial score (nSPS) is 10.5. The van der Waals surface area contributed by atoms with Crippen molar-refractivity contribution in [2.24, 2.45) is 10.2 Å². The van der Waals surface area contributed by atoms with Gasteiger partial charge in [-0.1, -0.05) is 13.3 Å². The number of nitrogens with zero attached hydrogens (tertiary/aromatic N) is 6. The van der Waals surface area contributed by atoms with Gasteiger partial charge < -0.3 is 9.64 Å². The number of carbonyl (C=O) groups excluding carboxylic acids is 1. The molecule has 0 heterocycles. The molecule has 0 N–H and O–H groups in total. The molecule has 0 radical (unpaired) electrons. The van der Waals surface area contributed by atoms with Crippen molar-refractivity contribution in [3.63, 3.8) is 0 Å². The van der Waals surface area contributed by atoms with Gasteiger partial charge in [-0.25, -0.2) is 0 Å². The van der Waals surface area contributed by atoms with Crippen molar-refractivity contribution in [2.45, 2.75) is 33.6 Å². The summed E-state index contributed by atoms with van der Waals surface area (Å²) in [6.07, 6.45) is 2.00. The van der Waals surface area contributed by atoms with E-state index in [4.69, 9.17) is 4.74 Å². The third-order valence-electron chi connectivity index (χ3n) is 4.80. The molecular weight excluding hydrogens is 424 g/mol. The van der Waals surface area contributed by atoms with E-state index < -0.39 is 4.92 Å². The number of aryl methyl sites for hydroxylation is 1. The minimum Gasteiger partial charge on any atom is -0.464 e. The fourth-order valence-corrected chi connectivity index (χ4v) is 3.07. The number of nitro benzene ring substituents is 1. The Hall–Kier alpha value is -4.31. The lowest BCUT2D eigenvalue weighted by atomic mass is 10.1. The van der Waals surface area contributed by atoms with Crippen LogP contribution in [0.1, 0.15) is 43.4 Å². The molecule has 0 saturated carbocycles. The van der Waals surface area contributed by atoms with Gasteiger partial charge in [-0.2, -0.15) is 15.6 Å². The van der Waals surface area contributed by atoms with E-state index in [1.165, 1.54) is 6.92 Å². The minimum atomic E-state index is -0.669. The number of hydrogen-bond acceptors (Lipinski definition) is 9. The van der Waals surface area contributed by atoms with Crippen LogP contribution in [0.2, 0.25) is 0 Å². The molecule has 0 spiro atoms. The maximum Gasteiger partial charge on any atom is 0.302 e. The van der Waals surface area contributed by atoms with Crippen LogP contribution in [0.15, 0.2) is 40.6 Å². The van der Waals surface area contributed by atoms with Gasteiger partial charge in [0.2, 0.25) is 0 Å². The van der Waals surface area contributed by atoms with Crippen molar-refractivity contribution in [3.8, 4) is 12.1 Å². The summed E-state index contributed by atoms with van der Waals surface area (Å²) >= 11 is 0. The first-order valence-electron chi connectivity index (χ1n) is 10.3. The highest BCUT2D eigenvalue weighted by atomic mass is 16.6. The number of rotatable bonds is 10. The highest BCUT2D eigenvalue weighted by Crippen LogP contribution is 2.32. The molecule has 0 aromatic heterocycles. The van der Waals surface area contributed by atoms with E-state index in [9.17, 15) is 25.4 Å². The topological polar surface area (TPSA) is 145 Å². The predicted octanol–water partition coefficient (Wildman–Crippen LogP) is 5.23. The molecule has 0 saturated heterocycles. The maximum atomic E-state index is 11.1. The summed E-state index contributed by atoms with van der Waals surface area (Å²) in [6.45, 7) is 6.97. The lowest BCUT2D eigenvalue weighted by molar-refractivity contribution is -0.384. The largest absolute Gasteiger partial charge is 0.464 e. The van der Waals surface area contributed by atoms with Crippen LogP contribution in [-0.2, 0) is 9.53 Å². The molecule has 10 heteroatoms. The molecule has 170 valence electrons. The number of nitro groups is 1. The van der Waals surface area contributed by atoms with Crippen LogP contribution in [0.25, 0.3) is 0 Å². The summed E-state index contributed by atoms with van der Waals surface area (Å²) in [5, 5.41) is 38.0. The van der Waals surface area contributed by atoms with Crippen LogP contribution in [0, 0.1) is 39.7 Å². The SMILES string of the molecule is CCCCN(CCOC(C)=O)c1ccc(N=Nc2c(C#N)cc([N+](=O)[O-])cc2C#N)c(C)c1. The molecule has 2 aromatic carbocycles. The predicted molar refractivity (Wildman–Crippen MR) is 122 cm³/mol. The van der Waals surface area contributed by atoms with Gasteiger partial charge in [-0.15, -0.1) is 5.11 Å². The van der Waals surface area contributed by atoms with Gasteiger partial charge >= 0.3 is 5.97 Å². The Morgan fingerprint density at radius 3 is 2.33 bits per heavy atom. The summed E-state index contributed by atoms with van der Waals surface area (Å²) in [7, 11) is 0. The van der Waals surface area contributed by atoms with E-state index in [2.05, 4.69) is 22.1 Å². The summed E-state index contributed by atoms with van der Waals surface area (Å²) in [5.41, 5.74) is 1.70. The maximum absolute atomic E-state index is 11.1. The van der Waals surface area contributed by atoms with Crippen molar-refractivity contribution in [2.75, 3.05) is 24.6 Å². The highest BCUT2D eigenvalue weighted by Gasteiger charge is 2.17. The second-order valence-electron chi connectivity index (χ2n) is 7.22. The molecule has 0 amide bonds. The Labute approximate surface area is 191 Å². The van der Waals surface area contributed by atoms with Gasteiger partial charge in [-0.3, -0.25) is 14.9 Å². The number of benzene rings is 2. The third kappa shape index (κ3) is 6.84. The van der Waals surface area contributed by atoms with E-state index in [1.54, 1.807) is 6.07 Å². The van der Waals surface area contributed by atoms with Crippen LogP contribution in [0.5, 0.6) is 0 Å². The number of ether oxygens (including phenoxy) is 1. The quantitative estimate of drug-likeness (QED) is 0.209. The van der Waals surface area contributed by atoms with Gasteiger partial charge in [0.05, 0.1) is 28.3 Å². The molecular formula is C23H24N6O4. The number of nitriles is 2. The first-order chi connectivity index (χ1) is 15.8. The zero-order valence-electron chi connectivity index (χ0n) is 18.7. The Bertz CT molecular complexity index is 1110. The van der Waals surface area contributed by atoms with Gasteiger partial charge in [0.25, 0.3) is 5.69 Å².